The van der Waals surface area contributed by atoms with E-state index in [9.17, 15) is 4.79 Å². The fourth-order valence-corrected chi connectivity index (χ4v) is 3.07. The molecule has 7 heteroatoms. The second kappa shape index (κ2) is 5.26. The van der Waals surface area contributed by atoms with E-state index in [2.05, 4.69) is 0 Å². The number of nitrogens with zero attached hydrogens (tertiary/aromatic N) is 1. The van der Waals surface area contributed by atoms with Gasteiger partial charge in [0.25, 0.3) is 5.91 Å². The number of hydrogen-bond donors (Lipinski definition) is 1. The van der Waals surface area contributed by atoms with Crippen molar-refractivity contribution in [2.24, 2.45) is 5.73 Å². The predicted molar refractivity (Wildman–Crippen MR) is 78.4 cm³/mol. The van der Waals surface area contributed by atoms with E-state index in [0.29, 0.717) is 21.2 Å². The van der Waals surface area contributed by atoms with Gasteiger partial charge in [0, 0.05) is 21.2 Å². The number of benzene rings is 1. The van der Waals surface area contributed by atoms with Gasteiger partial charge in [-0.2, -0.15) is 5.26 Å². The van der Waals surface area contributed by atoms with Crippen molar-refractivity contribution in [2.45, 2.75) is 0 Å². The molecule has 2 radical (unpaired) electrons. The lowest BCUT2D eigenvalue weighted by Crippen LogP contribution is -2.10. The highest BCUT2D eigenvalue weighted by atomic mass is 35.5. The number of nitriles is 1. The summed E-state index contributed by atoms with van der Waals surface area (Å²) in [7, 11) is 5.73. The van der Waals surface area contributed by atoms with Crippen molar-refractivity contribution in [3.8, 4) is 17.2 Å². The van der Waals surface area contributed by atoms with Gasteiger partial charge in [0.05, 0.1) is 5.56 Å². The summed E-state index contributed by atoms with van der Waals surface area (Å²) in [5.41, 5.74) is 6.37. The molecule has 1 aromatic carbocycles. The highest BCUT2D eigenvalue weighted by molar-refractivity contribution is 7.22. The van der Waals surface area contributed by atoms with Crippen molar-refractivity contribution in [1.82, 2.24) is 0 Å². The summed E-state index contributed by atoms with van der Waals surface area (Å²) in [4.78, 5) is 11.7. The maximum atomic E-state index is 11.5. The molecule has 0 aliphatic rings. The highest BCUT2D eigenvalue weighted by Crippen LogP contribution is 2.36. The number of carbonyl (C=O) groups is 1. The minimum absolute atomic E-state index is 0.197. The monoisotopic (exact) mass is 306 g/mol. The van der Waals surface area contributed by atoms with E-state index in [1.165, 1.54) is 6.07 Å². The van der Waals surface area contributed by atoms with Crippen molar-refractivity contribution in [3.05, 3.63) is 38.7 Å². The molecule has 2 N–H and O–H groups in total. The number of carbonyl (C=O) groups excluding carboxylic acids is 1. The van der Waals surface area contributed by atoms with Gasteiger partial charge in [-0.05, 0) is 16.9 Å². The van der Waals surface area contributed by atoms with Gasteiger partial charge in [-0.1, -0.05) is 29.3 Å². The molecule has 0 spiro atoms. The molecular formula is C12H5BCl2N2OS. The minimum Gasteiger partial charge on any atom is -0.365 e. The largest absolute Gasteiger partial charge is 0.365 e. The molecule has 0 fully saturated rings. The molecule has 0 atom stereocenters. The van der Waals surface area contributed by atoms with Crippen LogP contribution in [0.1, 0.15) is 15.2 Å². The third-order valence-electron chi connectivity index (χ3n) is 2.47. The topological polar surface area (TPSA) is 66.9 Å². The number of amides is 1. The maximum absolute atomic E-state index is 11.5. The highest BCUT2D eigenvalue weighted by Gasteiger charge is 2.22. The molecule has 0 unspecified atom stereocenters. The van der Waals surface area contributed by atoms with Crippen molar-refractivity contribution >= 4 is 53.1 Å². The van der Waals surface area contributed by atoms with Gasteiger partial charge < -0.3 is 5.73 Å². The smallest absolute Gasteiger partial charge is 0.259 e. The second-order valence-corrected chi connectivity index (χ2v) is 5.54. The summed E-state index contributed by atoms with van der Waals surface area (Å²) >= 11 is 12.9. The maximum Gasteiger partial charge on any atom is 0.259 e. The summed E-state index contributed by atoms with van der Waals surface area (Å²) < 4.78 is 0.234. The average Bonchev–Trinajstić information content (AvgIpc) is 2.66. The molecule has 0 bridgehead atoms. The fourth-order valence-electron chi connectivity index (χ4n) is 1.68. The van der Waals surface area contributed by atoms with Crippen LogP contribution in [0.3, 0.4) is 0 Å². The Morgan fingerprint density at radius 3 is 2.63 bits per heavy atom. The first-order chi connectivity index (χ1) is 8.95. The molecule has 19 heavy (non-hydrogen) atoms. The van der Waals surface area contributed by atoms with Crippen molar-refractivity contribution < 1.29 is 4.79 Å². The summed E-state index contributed by atoms with van der Waals surface area (Å²) in [6.07, 6.45) is 0. The Kier molecular flexibility index (Phi) is 3.86. The summed E-state index contributed by atoms with van der Waals surface area (Å²) in [6, 6.07) is 6.73. The number of thiophene rings is 1. The standard InChI is InChI=1S/C12H5BCl2N2OS/c13-11-7(4-16)9(10(19-11)12(17)18)6-2-1-5(14)3-8(6)15/h1-3H,(H2,17,18). The van der Waals surface area contributed by atoms with E-state index in [0.717, 1.165) is 11.3 Å². The summed E-state index contributed by atoms with van der Waals surface area (Å²) in [6.45, 7) is 0. The first-order valence-corrected chi connectivity index (χ1v) is 6.60. The Morgan fingerprint density at radius 2 is 2.11 bits per heavy atom. The zero-order chi connectivity index (χ0) is 14.2. The normalized spacial score (nSPS) is 10.2. The lowest BCUT2D eigenvalue weighted by molar-refractivity contribution is 0.100. The molecule has 0 saturated carbocycles. The number of primary amides is 1. The molecule has 1 amide bonds. The third-order valence-corrected chi connectivity index (χ3v) is 4.05. The quantitative estimate of drug-likeness (QED) is 0.866. The lowest BCUT2D eigenvalue weighted by atomic mass is 9.94. The van der Waals surface area contributed by atoms with Crippen LogP contribution in [0.25, 0.3) is 11.1 Å². The van der Waals surface area contributed by atoms with Crippen LogP contribution < -0.4 is 10.5 Å². The number of rotatable bonds is 2. The van der Waals surface area contributed by atoms with E-state index in [1.807, 2.05) is 6.07 Å². The molecule has 1 aromatic heterocycles. The Bertz CT molecular complexity index is 721. The van der Waals surface area contributed by atoms with Crippen LogP contribution in [-0.4, -0.2) is 13.8 Å². The molecule has 0 aliphatic heterocycles. The molecule has 0 saturated heterocycles. The Morgan fingerprint density at radius 1 is 1.42 bits per heavy atom. The lowest BCUT2D eigenvalue weighted by Gasteiger charge is -2.06. The van der Waals surface area contributed by atoms with Gasteiger partial charge in [-0.15, -0.1) is 11.3 Å². The zero-order valence-corrected chi connectivity index (χ0v) is 11.7. The minimum atomic E-state index is -0.654. The van der Waals surface area contributed by atoms with Crippen molar-refractivity contribution in [2.75, 3.05) is 0 Å². The van der Waals surface area contributed by atoms with Gasteiger partial charge in [0.1, 0.15) is 18.8 Å². The molecular weight excluding hydrogens is 302 g/mol. The van der Waals surface area contributed by atoms with Crippen LogP contribution in [0.5, 0.6) is 0 Å². The van der Waals surface area contributed by atoms with Gasteiger partial charge in [-0.25, -0.2) is 0 Å². The van der Waals surface area contributed by atoms with Crippen LogP contribution in [-0.2, 0) is 0 Å². The van der Waals surface area contributed by atoms with Crippen molar-refractivity contribution in [1.29, 1.82) is 5.26 Å². The number of nitrogens with two attached hydrogens (primary N) is 1. The Balaban J connectivity index is 2.81. The van der Waals surface area contributed by atoms with E-state index < -0.39 is 5.91 Å². The summed E-state index contributed by atoms with van der Waals surface area (Å²) in [5, 5.41) is 9.93. The van der Waals surface area contributed by atoms with Crippen LogP contribution in [0.15, 0.2) is 18.2 Å². The number of hydrogen-bond acceptors (Lipinski definition) is 3. The van der Waals surface area contributed by atoms with Crippen LogP contribution in [0.4, 0.5) is 0 Å². The van der Waals surface area contributed by atoms with Gasteiger partial charge in [0.15, 0.2) is 0 Å². The van der Waals surface area contributed by atoms with Crippen molar-refractivity contribution in [3.63, 3.8) is 0 Å². The van der Waals surface area contributed by atoms with Crippen LogP contribution in [0.2, 0.25) is 10.0 Å². The van der Waals surface area contributed by atoms with Crippen LogP contribution >= 0.6 is 34.5 Å². The molecule has 3 nitrogen and oxygen atoms in total. The first-order valence-electron chi connectivity index (χ1n) is 5.03. The Hall–Kier alpha value is -1.48. The molecule has 0 aliphatic carbocycles. The predicted octanol–water partition coefficient (Wildman–Crippen LogP) is 2.49. The zero-order valence-electron chi connectivity index (χ0n) is 9.41. The first kappa shape index (κ1) is 13.9. The SMILES string of the molecule is [B]c1sc(C(N)=O)c(-c2ccc(Cl)cc2Cl)c1C#N. The molecule has 1 heterocycles. The van der Waals surface area contributed by atoms with E-state index in [1.54, 1.807) is 12.1 Å². The summed E-state index contributed by atoms with van der Waals surface area (Å²) in [5.74, 6) is -0.654. The van der Waals surface area contributed by atoms with E-state index in [4.69, 9.17) is 42.0 Å². The number of halogens is 2. The van der Waals surface area contributed by atoms with Gasteiger partial charge >= 0.3 is 0 Å². The third kappa shape index (κ3) is 2.48. The van der Waals surface area contributed by atoms with Gasteiger partial charge in [0.2, 0.25) is 0 Å². The average molecular weight is 307 g/mol. The fraction of sp³-hybridized carbons (Fsp3) is 0. The Labute approximate surface area is 125 Å². The molecule has 92 valence electrons. The second-order valence-electron chi connectivity index (χ2n) is 3.65. The van der Waals surface area contributed by atoms with Gasteiger partial charge in [-0.3, -0.25) is 4.79 Å². The molecule has 2 rings (SSSR count). The van der Waals surface area contributed by atoms with E-state index in [-0.39, 0.29) is 15.2 Å². The van der Waals surface area contributed by atoms with Crippen LogP contribution in [0, 0.1) is 11.3 Å². The van der Waals surface area contributed by atoms with E-state index >= 15 is 0 Å². The molecule has 2 aromatic rings.